The Morgan fingerprint density at radius 2 is 2.22 bits per heavy atom. The highest BCUT2D eigenvalue weighted by Gasteiger charge is 1.84. The van der Waals surface area contributed by atoms with Crippen LogP contribution in [0.5, 0.6) is 0 Å². The monoisotopic (exact) mass is 146 g/mol. The van der Waals surface area contributed by atoms with Crippen molar-refractivity contribution in [3.8, 4) is 0 Å². The first kappa shape index (κ1) is 9.31. The number of nitrogens with one attached hydrogen (secondary N) is 1. The Morgan fingerprint density at radius 1 is 1.44 bits per heavy atom. The zero-order valence-electron chi connectivity index (χ0n) is 6.31. The molecule has 0 aromatic carbocycles. The van der Waals surface area contributed by atoms with Crippen LogP contribution in [0.1, 0.15) is 26.2 Å². The van der Waals surface area contributed by atoms with E-state index in [1.165, 1.54) is 19.3 Å². The van der Waals surface area contributed by atoms with Gasteiger partial charge in [-0.05, 0) is 19.1 Å². The van der Waals surface area contributed by atoms with Crippen molar-refractivity contribution in [3.63, 3.8) is 0 Å². The largest absolute Gasteiger partial charge is 0.264 e. The first-order valence-corrected chi connectivity index (χ1v) is 4.68. The third-order valence-corrected chi connectivity index (χ3v) is 1.66. The molecular weight excluding hydrogens is 130 g/mol. The fraction of sp³-hybridized carbons (Fsp3) is 0.857. The van der Waals surface area contributed by atoms with Crippen LogP contribution in [0, 0.1) is 6.42 Å². The quantitative estimate of drug-likeness (QED) is 0.455. The Balaban J connectivity index is 2.60. The van der Waals surface area contributed by atoms with E-state index in [0.29, 0.717) is 0 Å². The van der Waals surface area contributed by atoms with E-state index in [-0.39, 0.29) is 0 Å². The molecule has 1 radical (unpaired) electrons. The third kappa shape index (κ3) is 8.31. The maximum Gasteiger partial charge on any atom is 0.00584 e. The van der Waals surface area contributed by atoms with Crippen molar-refractivity contribution in [1.82, 2.24) is 4.72 Å². The van der Waals surface area contributed by atoms with Crippen molar-refractivity contribution in [1.29, 1.82) is 0 Å². The summed E-state index contributed by atoms with van der Waals surface area (Å²) in [6.45, 7) is 3.26. The molecular formula is C7H16NS. The first-order valence-electron chi connectivity index (χ1n) is 3.45. The van der Waals surface area contributed by atoms with Crippen molar-refractivity contribution >= 4 is 11.9 Å². The van der Waals surface area contributed by atoms with Crippen molar-refractivity contribution in [2.45, 2.75) is 26.2 Å². The standard InChI is InChI=1S/C7H16NS/c1-3-4-5-6-7-8-9-2/h3,8H,4-7H2,1-2H3. The Kier molecular flexibility index (Phi) is 8.60. The highest BCUT2D eigenvalue weighted by atomic mass is 32.2. The van der Waals surface area contributed by atoms with Gasteiger partial charge in [-0.15, -0.1) is 0 Å². The summed E-state index contributed by atoms with van der Waals surface area (Å²) in [7, 11) is 0. The minimum Gasteiger partial charge on any atom is -0.264 e. The molecule has 0 fully saturated rings. The van der Waals surface area contributed by atoms with Gasteiger partial charge >= 0.3 is 0 Å². The van der Waals surface area contributed by atoms with Crippen LogP contribution < -0.4 is 4.72 Å². The second-order valence-corrected chi connectivity index (χ2v) is 2.70. The van der Waals surface area contributed by atoms with Gasteiger partial charge in [0.15, 0.2) is 0 Å². The molecule has 9 heavy (non-hydrogen) atoms. The molecule has 1 N–H and O–H groups in total. The van der Waals surface area contributed by atoms with Gasteiger partial charge in [0.05, 0.1) is 0 Å². The summed E-state index contributed by atoms with van der Waals surface area (Å²) in [5, 5.41) is 0. The van der Waals surface area contributed by atoms with Gasteiger partial charge in [-0.3, -0.25) is 4.72 Å². The smallest absolute Gasteiger partial charge is 0.00584 e. The van der Waals surface area contributed by atoms with E-state index < -0.39 is 0 Å². The molecule has 0 aromatic rings. The van der Waals surface area contributed by atoms with Crippen LogP contribution >= 0.6 is 11.9 Å². The SMILES string of the molecule is C[CH]CCCCNSC. The van der Waals surface area contributed by atoms with E-state index in [9.17, 15) is 0 Å². The topological polar surface area (TPSA) is 12.0 Å². The van der Waals surface area contributed by atoms with Crippen molar-refractivity contribution in [2.24, 2.45) is 0 Å². The zero-order valence-corrected chi connectivity index (χ0v) is 7.13. The number of unbranched alkanes of at least 4 members (excludes halogenated alkanes) is 3. The van der Waals surface area contributed by atoms with Crippen LogP contribution in [0.15, 0.2) is 0 Å². The minimum absolute atomic E-state index is 1.15. The maximum absolute atomic E-state index is 3.21. The molecule has 0 saturated carbocycles. The summed E-state index contributed by atoms with van der Waals surface area (Å²) >= 11 is 1.70. The molecule has 0 atom stereocenters. The number of rotatable bonds is 6. The van der Waals surface area contributed by atoms with Crippen molar-refractivity contribution in [3.05, 3.63) is 6.42 Å². The second-order valence-electron chi connectivity index (χ2n) is 2.00. The molecule has 2 heteroatoms. The molecule has 0 rings (SSSR count). The van der Waals surface area contributed by atoms with Crippen LogP contribution in [0.3, 0.4) is 0 Å². The van der Waals surface area contributed by atoms with Gasteiger partial charge in [0, 0.05) is 6.54 Å². The summed E-state index contributed by atoms with van der Waals surface area (Å²) in [4.78, 5) is 0. The van der Waals surface area contributed by atoms with Crippen LogP contribution in [0.25, 0.3) is 0 Å². The van der Waals surface area contributed by atoms with Crippen LogP contribution in [0.4, 0.5) is 0 Å². The molecule has 0 aliphatic carbocycles. The van der Waals surface area contributed by atoms with E-state index in [1.54, 1.807) is 11.9 Å². The highest BCUT2D eigenvalue weighted by Crippen LogP contribution is 1.96. The van der Waals surface area contributed by atoms with E-state index in [4.69, 9.17) is 0 Å². The van der Waals surface area contributed by atoms with Crippen LogP contribution in [-0.4, -0.2) is 12.8 Å². The molecule has 0 heterocycles. The Hall–Kier alpha value is 0.310. The summed E-state index contributed by atoms with van der Waals surface area (Å²) < 4.78 is 3.21. The fourth-order valence-corrected chi connectivity index (χ4v) is 0.996. The van der Waals surface area contributed by atoms with Gasteiger partial charge in [-0.2, -0.15) is 0 Å². The lowest BCUT2D eigenvalue weighted by molar-refractivity contribution is 0.718. The molecule has 0 saturated heterocycles. The van der Waals surface area contributed by atoms with E-state index in [2.05, 4.69) is 24.3 Å². The fourth-order valence-electron chi connectivity index (χ4n) is 0.648. The molecule has 0 aliphatic heterocycles. The Morgan fingerprint density at radius 3 is 2.78 bits per heavy atom. The average Bonchev–Trinajstić information content (AvgIpc) is 1.89. The van der Waals surface area contributed by atoms with Gasteiger partial charge < -0.3 is 0 Å². The number of hydrogen-bond donors (Lipinski definition) is 1. The lowest BCUT2D eigenvalue weighted by Gasteiger charge is -1.98. The molecule has 0 spiro atoms. The minimum atomic E-state index is 1.15. The van der Waals surface area contributed by atoms with E-state index >= 15 is 0 Å². The molecule has 0 bridgehead atoms. The molecule has 0 aromatic heterocycles. The van der Waals surface area contributed by atoms with Gasteiger partial charge in [0.2, 0.25) is 0 Å². The van der Waals surface area contributed by atoms with Gasteiger partial charge in [-0.25, -0.2) is 0 Å². The second kappa shape index (κ2) is 8.31. The van der Waals surface area contributed by atoms with Crippen LogP contribution in [0.2, 0.25) is 0 Å². The lowest BCUT2D eigenvalue weighted by Crippen LogP contribution is -2.03. The predicted molar refractivity (Wildman–Crippen MR) is 45.3 cm³/mol. The molecule has 55 valence electrons. The van der Waals surface area contributed by atoms with Crippen LogP contribution in [-0.2, 0) is 0 Å². The third-order valence-electron chi connectivity index (χ3n) is 1.17. The summed E-state index contributed by atoms with van der Waals surface area (Å²) in [6.07, 6.45) is 8.16. The molecule has 0 aliphatic rings. The summed E-state index contributed by atoms with van der Waals surface area (Å²) in [5.74, 6) is 0. The molecule has 0 amide bonds. The van der Waals surface area contributed by atoms with E-state index in [0.717, 1.165) is 6.54 Å². The number of hydrogen-bond acceptors (Lipinski definition) is 2. The van der Waals surface area contributed by atoms with Gasteiger partial charge in [-0.1, -0.05) is 31.7 Å². The van der Waals surface area contributed by atoms with Gasteiger partial charge in [0.1, 0.15) is 0 Å². The van der Waals surface area contributed by atoms with E-state index in [1.807, 2.05) is 0 Å². The Labute approximate surface area is 62.7 Å². The highest BCUT2D eigenvalue weighted by molar-refractivity contribution is 7.96. The maximum atomic E-state index is 3.21. The lowest BCUT2D eigenvalue weighted by atomic mass is 10.2. The average molecular weight is 146 g/mol. The Bertz CT molecular complexity index is 42.2. The predicted octanol–water partition coefficient (Wildman–Crippen LogP) is 2.25. The molecule has 0 unspecified atom stereocenters. The summed E-state index contributed by atoms with van der Waals surface area (Å²) in [5.41, 5.74) is 0. The summed E-state index contributed by atoms with van der Waals surface area (Å²) in [6, 6.07) is 0. The van der Waals surface area contributed by atoms with Crippen molar-refractivity contribution < 1.29 is 0 Å². The van der Waals surface area contributed by atoms with Gasteiger partial charge in [0.25, 0.3) is 0 Å². The first-order chi connectivity index (χ1) is 4.41. The normalized spacial score (nSPS) is 10.0. The molecule has 1 nitrogen and oxygen atoms in total. The zero-order chi connectivity index (χ0) is 6.95. The van der Waals surface area contributed by atoms with Crippen molar-refractivity contribution in [2.75, 3.05) is 12.8 Å².